The van der Waals surface area contributed by atoms with Crippen molar-refractivity contribution in [1.82, 2.24) is 5.32 Å². The molecule has 0 aromatic heterocycles. The Balaban J connectivity index is 2.31. The molecule has 1 aromatic rings. The standard InChI is InChI=1S/C14H20BrNO2/c1-3-16-14(10-6-7-18-9-10)12-8-11(15)4-5-13(12)17-2/h4-5,8,10,14,16H,3,6-7,9H2,1-2H3. The number of benzene rings is 1. The molecule has 0 amide bonds. The summed E-state index contributed by atoms with van der Waals surface area (Å²) in [7, 11) is 1.72. The van der Waals surface area contributed by atoms with E-state index >= 15 is 0 Å². The molecular formula is C14H20BrNO2. The molecule has 1 aromatic carbocycles. The van der Waals surface area contributed by atoms with Crippen LogP contribution in [0.4, 0.5) is 0 Å². The first-order valence-corrected chi connectivity index (χ1v) is 7.20. The average molecular weight is 314 g/mol. The zero-order valence-corrected chi connectivity index (χ0v) is 12.5. The summed E-state index contributed by atoms with van der Waals surface area (Å²) in [4.78, 5) is 0. The smallest absolute Gasteiger partial charge is 0.123 e. The molecule has 0 spiro atoms. The Morgan fingerprint density at radius 3 is 3.00 bits per heavy atom. The van der Waals surface area contributed by atoms with Crippen molar-refractivity contribution in [2.45, 2.75) is 19.4 Å². The lowest BCUT2D eigenvalue weighted by Crippen LogP contribution is -2.29. The third-order valence-electron chi connectivity index (χ3n) is 3.39. The van der Waals surface area contributed by atoms with E-state index in [1.54, 1.807) is 7.11 Å². The van der Waals surface area contributed by atoms with Crippen molar-refractivity contribution in [1.29, 1.82) is 0 Å². The van der Waals surface area contributed by atoms with Gasteiger partial charge in [-0.15, -0.1) is 0 Å². The quantitative estimate of drug-likeness (QED) is 0.906. The van der Waals surface area contributed by atoms with Gasteiger partial charge in [-0.05, 0) is 31.2 Å². The first kappa shape index (κ1) is 13.8. The van der Waals surface area contributed by atoms with E-state index in [-0.39, 0.29) is 0 Å². The van der Waals surface area contributed by atoms with Gasteiger partial charge in [-0.1, -0.05) is 22.9 Å². The van der Waals surface area contributed by atoms with Gasteiger partial charge >= 0.3 is 0 Å². The topological polar surface area (TPSA) is 30.5 Å². The van der Waals surface area contributed by atoms with E-state index in [2.05, 4.69) is 34.2 Å². The van der Waals surface area contributed by atoms with Crippen LogP contribution in [0.2, 0.25) is 0 Å². The third kappa shape index (κ3) is 3.05. The van der Waals surface area contributed by atoms with E-state index in [9.17, 15) is 0 Å². The molecule has 4 heteroatoms. The van der Waals surface area contributed by atoms with E-state index < -0.39 is 0 Å². The van der Waals surface area contributed by atoms with Crippen LogP contribution in [0.1, 0.15) is 24.9 Å². The third-order valence-corrected chi connectivity index (χ3v) is 3.88. The van der Waals surface area contributed by atoms with Crippen LogP contribution in [0.15, 0.2) is 22.7 Å². The van der Waals surface area contributed by atoms with Crippen molar-refractivity contribution in [3.05, 3.63) is 28.2 Å². The molecule has 1 saturated heterocycles. The molecule has 0 aliphatic carbocycles. The molecule has 1 aliphatic heterocycles. The van der Waals surface area contributed by atoms with Crippen LogP contribution in [0.3, 0.4) is 0 Å². The minimum atomic E-state index is 0.296. The summed E-state index contributed by atoms with van der Waals surface area (Å²) >= 11 is 3.54. The number of rotatable bonds is 5. The zero-order valence-electron chi connectivity index (χ0n) is 10.9. The van der Waals surface area contributed by atoms with Gasteiger partial charge in [-0.25, -0.2) is 0 Å². The van der Waals surface area contributed by atoms with E-state index in [1.807, 2.05) is 12.1 Å². The number of hydrogen-bond acceptors (Lipinski definition) is 3. The van der Waals surface area contributed by atoms with E-state index in [1.165, 1.54) is 5.56 Å². The number of nitrogens with one attached hydrogen (secondary N) is 1. The minimum absolute atomic E-state index is 0.296. The summed E-state index contributed by atoms with van der Waals surface area (Å²) in [6, 6.07) is 6.46. The molecule has 3 nitrogen and oxygen atoms in total. The lowest BCUT2D eigenvalue weighted by molar-refractivity contribution is 0.176. The molecule has 2 unspecified atom stereocenters. The molecule has 1 N–H and O–H groups in total. The number of halogens is 1. The van der Waals surface area contributed by atoms with Crippen molar-refractivity contribution in [2.24, 2.45) is 5.92 Å². The maximum Gasteiger partial charge on any atom is 0.123 e. The van der Waals surface area contributed by atoms with Crippen molar-refractivity contribution in [2.75, 3.05) is 26.9 Å². The molecule has 1 fully saturated rings. The second-order valence-corrected chi connectivity index (χ2v) is 5.46. The highest BCUT2D eigenvalue weighted by atomic mass is 79.9. The predicted octanol–water partition coefficient (Wildman–Crippen LogP) is 3.14. The molecule has 1 aliphatic rings. The number of ether oxygens (including phenoxy) is 2. The molecule has 0 bridgehead atoms. The number of hydrogen-bond donors (Lipinski definition) is 1. The molecule has 2 atom stereocenters. The molecule has 0 radical (unpaired) electrons. The molecule has 18 heavy (non-hydrogen) atoms. The highest BCUT2D eigenvalue weighted by Gasteiger charge is 2.28. The number of methoxy groups -OCH3 is 1. The first-order chi connectivity index (χ1) is 8.76. The van der Waals surface area contributed by atoms with Crippen molar-refractivity contribution in [3.63, 3.8) is 0 Å². The Morgan fingerprint density at radius 2 is 2.39 bits per heavy atom. The summed E-state index contributed by atoms with van der Waals surface area (Å²) in [6.07, 6.45) is 1.10. The van der Waals surface area contributed by atoms with Crippen LogP contribution in [-0.4, -0.2) is 26.9 Å². The average Bonchev–Trinajstić information content (AvgIpc) is 2.89. The van der Waals surface area contributed by atoms with Crippen molar-refractivity contribution in [3.8, 4) is 5.75 Å². The Kier molecular flexibility index (Phi) is 5.03. The largest absolute Gasteiger partial charge is 0.496 e. The lowest BCUT2D eigenvalue weighted by atomic mass is 9.91. The maximum atomic E-state index is 5.52. The van der Waals surface area contributed by atoms with Crippen LogP contribution in [0.5, 0.6) is 5.75 Å². The fourth-order valence-corrected chi connectivity index (χ4v) is 2.89. The SMILES string of the molecule is CCNC(c1cc(Br)ccc1OC)C1CCOC1. The summed E-state index contributed by atoms with van der Waals surface area (Å²) in [6.45, 7) is 4.76. The van der Waals surface area contributed by atoms with Gasteiger partial charge in [0.25, 0.3) is 0 Å². The van der Waals surface area contributed by atoms with Gasteiger partial charge in [0.1, 0.15) is 5.75 Å². The fourth-order valence-electron chi connectivity index (χ4n) is 2.51. The molecule has 1 heterocycles. The normalized spacial score (nSPS) is 20.9. The van der Waals surface area contributed by atoms with E-state index in [0.717, 1.165) is 36.4 Å². The Hall–Kier alpha value is -0.580. The molecular weight excluding hydrogens is 294 g/mol. The van der Waals surface area contributed by atoms with E-state index in [0.29, 0.717) is 12.0 Å². The highest BCUT2D eigenvalue weighted by molar-refractivity contribution is 9.10. The predicted molar refractivity (Wildman–Crippen MR) is 76.0 cm³/mol. The van der Waals surface area contributed by atoms with Gasteiger partial charge < -0.3 is 14.8 Å². The van der Waals surface area contributed by atoms with Gasteiger partial charge in [0, 0.05) is 28.6 Å². The van der Waals surface area contributed by atoms with Crippen LogP contribution < -0.4 is 10.1 Å². The Bertz CT molecular complexity index is 391. The minimum Gasteiger partial charge on any atom is -0.496 e. The molecule has 100 valence electrons. The van der Waals surface area contributed by atoms with Crippen molar-refractivity contribution < 1.29 is 9.47 Å². The van der Waals surface area contributed by atoms with Gasteiger partial charge in [-0.2, -0.15) is 0 Å². The summed E-state index contributed by atoms with van der Waals surface area (Å²) in [5.41, 5.74) is 1.21. The van der Waals surface area contributed by atoms with Crippen LogP contribution in [-0.2, 0) is 4.74 Å². The highest BCUT2D eigenvalue weighted by Crippen LogP contribution is 2.35. The Labute approximate surface area is 117 Å². The van der Waals surface area contributed by atoms with Crippen LogP contribution in [0, 0.1) is 5.92 Å². The van der Waals surface area contributed by atoms with Gasteiger partial charge in [0.2, 0.25) is 0 Å². The summed E-state index contributed by atoms with van der Waals surface area (Å²) in [5.74, 6) is 1.46. The monoisotopic (exact) mass is 313 g/mol. The Morgan fingerprint density at radius 1 is 1.56 bits per heavy atom. The van der Waals surface area contributed by atoms with Crippen LogP contribution in [0.25, 0.3) is 0 Å². The van der Waals surface area contributed by atoms with Crippen LogP contribution >= 0.6 is 15.9 Å². The fraction of sp³-hybridized carbons (Fsp3) is 0.571. The van der Waals surface area contributed by atoms with E-state index in [4.69, 9.17) is 9.47 Å². The van der Waals surface area contributed by atoms with Gasteiger partial charge in [-0.3, -0.25) is 0 Å². The summed E-state index contributed by atoms with van der Waals surface area (Å²) < 4.78 is 12.1. The summed E-state index contributed by atoms with van der Waals surface area (Å²) in [5, 5.41) is 3.56. The van der Waals surface area contributed by atoms with Gasteiger partial charge in [0.15, 0.2) is 0 Å². The lowest BCUT2D eigenvalue weighted by Gasteiger charge is -2.25. The zero-order chi connectivity index (χ0) is 13.0. The first-order valence-electron chi connectivity index (χ1n) is 6.40. The van der Waals surface area contributed by atoms with Crippen molar-refractivity contribution >= 4 is 15.9 Å². The second-order valence-electron chi connectivity index (χ2n) is 4.55. The second kappa shape index (κ2) is 6.55. The molecule has 0 saturated carbocycles. The maximum absolute atomic E-state index is 5.52. The molecule has 2 rings (SSSR count). The van der Waals surface area contributed by atoms with Gasteiger partial charge in [0.05, 0.1) is 13.7 Å².